The fourth-order valence-corrected chi connectivity index (χ4v) is 2.14. The molecule has 0 bridgehead atoms. The first-order chi connectivity index (χ1) is 9.63. The van der Waals surface area contributed by atoms with Crippen LogP contribution in [0.25, 0.3) is 10.9 Å². The standard InChI is InChI=1S/C14H14ClN5/c1-8(2)11-7-12(20-19-11)17-13-9-5-3-4-6-10(9)16-14(15)18-13/h3-8H,1-2H3,(H2,16,17,18,19,20). The molecule has 0 unspecified atom stereocenters. The molecule has 2 aromatic heterocycles. The molecular weight excluding hydrogens is 274 g/mol. The van der Waals surface area contributed by atoms with E-state index < -0.39 is 0 Å². The summed E-state index contributed by atoms with van der Waals surface area (Å²) in [6.45, 7) is 4.19. The SMILES string of the molecule is CC(C)c1cc(Nc2nc(Cl)nc3ccccc23)[nH]n1. The maximum absolute atomic E-state index is 5.96. The molecule has 0 saturated carbocycles. The van der Waals surface area contributed by atoms with Crippen molar-refractivity contribution in [2.24, 2.45) is 0 Å². The van der Waals surface area contributed by atoms with Crippen LogP contribution in [-0.4, -0.2) is 20.2 Å². The molecule has 0 spiro atoms. The molecule has 0 radical (unpaired) electrons. The Hall–Kier alpha value is -2.14. The van der Waals surface area contributed by atoms with E-state index in [4.69, 9.17) is 11.6 Å². The number of aromatic amines is 1. The zero-order valence-electron chi connectivity index (χ0n) is 11.2. The minimum absolute atomic E-state index is 0.217. The van der Waals surface area contributed by atoms with Gasteiger partial charge in [0.15, 0.2) is 0 Å². The molecule has 3 aromatic rings. The predicted molar refractivity (Wildman–Crippen MR) is 80.5 cm³/mol. The molecule has 0 aliphatic rings. The summed E-state index contributed by atoms with van der Waals surface area (Å²) in [6, 6.07) is 9.68. The van der Waals surface area contributed by atoms with Crippen molar-refractivity contribution in [3.8, 4) is 0 Å². The smallest absolute Gasteiger partial charge is 0.224 e. The molecule has 102 valence electrons. The molecule has 6 heteroatoms. The Bertz CT molecular complexity index is 750. The summed E-state index contributed by atoms with van der Waals surface area (Å²) in [5.74, 6) is 1.82. The number of benzene rings is 1. The van der Waals surface area contributed by atoms with Gasteiger partial charge >= 0.3 is 0 Å². The van der Waals surface area contributed by atoms with Gasteiger partial charge in [-0.3, -0.25) is 5.10 Å². The number of aromatic nitrogens is 4. The highest BCUT2D eigenvalue weighted by Gasteiger charge is 2.09. The normalized spacial score (nSPS) is 11.2. The zero-order chi connectivity index (χ0) is 14.1. The molecule has 1 aromatic carbocycles. The zero-order valence-corrected chi connectivity index (χ0v) is 11.9. The maximum atomic E-state index is 5.96. The Labute approximate surface area is 121 Å². The van der Waals surface area contributed by atoms with Gasteiger partial charge in [0.05, 0.1) is 11.2 Å². The van der Waals surface area contributed by atoms with E-state index in [-0.39, 0.29) is 5.28 Å². The first-order valence-corrected chi connectivity index (χ1v) is 6.76. The Balaban J connectivity index is 2.01. The number of nitrogens with zero attached hydrogens (tertiary/aromatic N) is 3. The molecule has 0 aliphatic carbocycles. The highest BCUT2D eigenvalue weighted by Crippen LogP contribution is 2.25. The van der Waals surface area contributed by atoms with Crippen molar-refractivity contribution in [3.63, 3.8) is 0 Å². The van der Waals surface area contributed by atoms with Gasteiger partial charge in [-0.15, -0.1) is 0 Å². The minimum Gasteiger partial charge on any atom is -0.325 e. The summed E-state index contributed by atoms with van der Waals surface area (Å²) in [6.07, 6.45) is 0. The van der Waals surface area contributed by atoms with Crippen molar-refractivity contribution in [1.82, 2.24) is 20.2 Å². The fraction of sp³-hybridized carbons (Fsp3) is 0.214. The van der Waals surface area contributed by atoms with E-state index in [0.29, 0.717) is 11.7 Å². The van der Waals surface area contributed by atoms with Crippen LogP contribution in [0.4, 0.5) is 11.6 Å². The second-order valence-electron chi connectivity index (χ2n) is 4.84. The Morgan fingerprint density at radius 1 is 1.20 bits per heavy atom. The Morgan fingerprint density at radius 2 is 2.00 bits per heavy atom. The van der Waals surface area contributed by atoms with Crippen LogP contribution in [0.5, 0.6) is 0 Å². The van der Waals surface area contributed by atoms with Crippen LogP contribution in [0.15, 0.2) is 30.3 Å². The Kier molecular flexibility index (Phi) is 3.28. The second kappa shape index (κ2) is 5.09. The number of fused-ring (bicyclic) bond motifs is 1. The number of hydrogen-bond acceptors (Lipinski definition) is 4. The number of rotatable bonds is 3. The highest BCUT2D eigenvalue weighted by atomic mass is 35.5. The fourth-order valence-electron chi connectivity index (χ4n) is 1.97. The molecule has 5 nitrogen and oxygen atoms in total. The topological polar surface area (TPSA) is 66.5 Å². The van der Waals surface area contributed by atoms with Crippen molar-refractivity contribution in [1.29, 1.82) is 0 Å². The summed E-state index contributed by atoms with van der Waals surface area (Å²) in [5.41, 5.74) is 1.80. The van der Waals surface area contributed by atoms with Crippen molar-refractivity contribution in [2.75, 3.05) is 5.32 Å². The molecule has 20 heavy (non-hydrogen) atoms. The van der Waals surface area contributed by atoms with Crippen LogP contribution in [-0.2, 0) is 0 Å². The third-order valence-electron chi connectivity index (χ3n) is 3.02. The van der Waals surface area contributed by atoms with Crippen LogP contribution in [0, 0.1) is 0 Å². The number of para-hydroxylation sites is 1. The van der Waals surface area contributed by atoms with E-state index in [0.717, 1.165) is 22.4 Å². The first kappa shape index (κ1) is 12.9. The largest absolute Gasteiger partial charge is 0.325 e. The molecule has 0 amide bonds. The molecule has 3 rings (SSSR count). The van der Waals surface area contributed by atoms with E-state index in [1.807, 2.05) is 30.3 Å². The maximum Gasteiger partial charge on any atom is 0.224 e. The van der Waals surface area contributed by atoms with Gasteiger partial charge in [-0.1, -0.05) is 26.0 Å². The monoisotopic (exact) mass is 287 g/mol. The van der Waals surface area contributed by atoms with E-state index in [2.05, 4.69) is 39.3 Å². The van der Waals surface area contributed by atoms with Gasteiger partial charge < -0.3 is 5.32 Å². The van der Waals surface area contributed by atoms with E-state index in [1.54, 1.807) is 0 Å². The van der Waals surface area contributed by atoms with Crippen molar-refractivity contribution in [3.05, 3.63) is 41.3 Å². The summed E-state index contributed by atoms with van der Waals surface area (Å²) in [5, 5.41) is 11.5. The molecule has 0 saturated heterocycles. The molecule has 2 N–H and O–H groups in total. The number of anilines is 2. The van der Waals surface area contributed by atoms with E-state index >= 15 is 0 Å². The third kappa shape index (κ3) is 2.44. The van der Waals surface area contributed by atoms with Gasteiger partial charge in [0.1, 0.15) is 11.6 Å². The lowest BCUT2D eigenvalue weighted by atomic mass is 10.1. The van der Waals surface area contributed by atoms with E-state index in [9.17, 15) is 0 Å². The summed E-state index contributed by atoms with van der Waals surface area (Å²) in [7, 11) is 0. The average Bonchev–Trinajstić information content (AvgIpc) is 2.87. The van der Waals surface area contributed by atoms with Gasteiger partial charge in [0.25, 0.3) is 0 Å². The number of halogens is 1. The first-order valence-electron chi connectivity index (χ1n) is 6.38. The molecular formula is C14H14ClN5. The highest BCUT2D eigenvalue weighted by molar-refractivity contribution is 6.28. The lowest BCUT2D eigenvalue weighted by Crippen LogP contribution is -1.97. The van der Waals surface area contributed by atoms with Gasteiger partial charge in [0, 0.05) is 11.5 Å². The van der Waals surface area contributed by atoms with Gasteiger partial charge in [0.2, 0.25) is 5.28 Å². The van der Waals surface area contributed by atoms with Crippen molar-refractivity contribution in [2.45, 2.75) is 19.8 Å². The van der Waals surface area contributed by atoms with Crippen LogP contribution >= 0.6 is 11.6 Å². The van der Waals surface area contributed by atoms with Gasteiger partial charge in [-0.25, -0.2) is 4.98 Å². The van der Waals surface area contributed by atoms with E-state index in [1.165, 1.54) is 0 Å². The van der Waals surface area contributed by atoms with Crippen molar-refractivity contribution >= 4 is 34.1 Å². The van der Waals surface area contributed by atoms with Crippen molar-refractivity contribution < 1.29 is 0 Å². The lowest BCUT2D eigenvalue weighted by Gasteiger charge is -2.06. The number of H-pyrrole nitrogens is 1. The minimum atomic E-state index is 0.217. The molecule has 0 aliphatic heterocycles. The summed E-state index contributed by atoms with van der Waals surface area (Å²) >= 11 is 5.96. The lowest BCUT2D eigenvalue weighted by molar-refractivity contribution is 0.811. The predicted octanol–water partition coefficient (Wildman–Crippen LogP) is 3.87. The van der Waals surface area contributed by atoms with Crippen LogP contribution < -0.4 is 5.32 Å². The molecule has 2 heterocycles. The quantitative estimate of drug-likeness (QED) is 0.718. The molecule has 0 fully saturated rings. The third-order valence-corrected chi connectivity index (χ3v) is 3.19. The van der Waals surface area contributed by atoms with Crippen LogP contribution in [0.2, 0.25) is 5.28 Å². The summed E-state index contributed by atoms with van der Waals surface area (Å²) < 4.78 is 0. The Morgan fingerprint density at radius 3 is 2.75 bits per heavy atom. The number of hydrogen-bond donors (Lipinski definition) is 2. The second-order valence-corrected chi connectivity index (χ2v) is 5.18. The van der Waals surface area contributed by atoms with Gasteiger partial charge in [-0.05, 0) is 29.7 Å². The molecule has 0 atom stereocenters. The number of nitrogens with one attached hydrogen (secondary N) is 2. The summed E-state index contributed by atoms with van der Waals surface area (Å²) in [4.78, 5) is 8.45. The average molecular weight is 288 g/mol. The van der Waals surface area contributed by atoms with Gasteiger partial charge in [-0.2, -0.15) is 10.1 Å². The van der Waals surface area contributed by atoms with Crippen LogP contribution in [0.1, 0.15) is 25.5 Å². The van der Waals surface area contributed by atoms with Crippen LogP contribution in [0.3, 0.4) is 0 Å².